The second-order valence-electron chi connectivity index (χ2n) is 5.66. The van der Waals surface area contributed by atoms with Crippen LogP contribution in [0.5, 0.6) is 0 Å². The Labute approximate surface area is 108 Å². The van der Waals surface area contributed by atoms with Crippen LogP contribution in [-0.2, 0) is 0 Å². The molecule has 0 aliphatic rings. The van der Waals surface area contributed by atoms with Gasteiger partial charge in [0.05, 0.1) is 10.6 Å². The van der Waals surface area contributed by atoms with Gasteiger partial charge >= 0.3 is 0 Å². The predicted octanol–water partition coefficient (Wildman–Crippen LogP) is 3.84. The highest BCUT2D eigenvalue weighted by Crippen LogP contribution is 2.33. The van der Waals surface area contributed by atoms with Crippen molar-refractivity contribution in [1.82, 2.24) is 4.98 Å². The summed E-state index contributed by atoms with van der Waals surface area (Å²) in [7, 11) is 0. The van der Waals surface area contributed by atoms with Crippen molar-refractivity contribution in [2.45, 2.75) is 40.2 Å². The summed E-state index contributed by atoms with van der Waals surface area (Å²) in [5.74, 6) is 0.689. The van der Waals surface area contributed by atoms with Gasteiger partial charge in [-0.1, -0.05) is 32.4 Å². The Morgan fingerprint density at radius 3 is 2.29 bits per heavy atom. The minimum atomic E-state index is -0.127. The molecule has 17 heavy (non-hydrogen) atoms. The standard InChI is InChI=1S/C13H18ClN3/c1-12(2,3)13(4,5)17-11-6-10(14)9(7-15)8-16-11/h6,8H,1-5H3,(H,16,17). The Kier molecular flexibility index (Phi) is 3.68. The number of nitriles is 1. The third-order valence-electron chi connectivity index (χ3n) is 3.29. The summed E-state index contributed by atoms with van der Waals surface area (Å²) in [6.45, 7) is 10.7. The number of nitrogens with zero attached hydrogens (tertiary/aromatic N) is 2. The molecule has 1 N–H and O–H groups in total. The maximum absolute atomic E-state index is 8.78. The van der Waals surface area contributed by atoms with Gasteiger partial charge in [-0.05, 0) is 19.3 Å². The van der Waals surface area contributed by atoms with E-state index in [1.165, 1.54) is 6.20 Å². The van der Waals surface area contributed by atoms with E-state index in [1.807, 2.05) is 6.07 Å². The van der Waals surface area contributed by atoms with Crippen molar-refractivity contribution in [3.05, 3.63) is 22.8 Å². The van der Waals surface area contributed by atoms with Crippen molar-refractivity contribution in [3.8, 4) is 6.07 Å². The summed E-state index contributed by atoms with van der Waals surface area (Å²) >= 11 is 5.97. The van der Waals surface area contributed by atoms with Crippen LogP contribution < -0.4 is 5.32 Å². The highest BCUT2D eigenvalue weighted by Gasteiger charge is 2.32. The van der Waals surface area contributed by atoms with E-state index in [9.17, 15) is 0 Å². The average Bonchev–Trinajstić information content (AvgIpc) is 2.15. The average molecular weight is 252 g/mol. The third kappa shape index (κ3) is 3.10. The van der Waals surface area contributed by atoms with Gasteiger partial charge in [0.15, 0.2) is 0 Å². The van der Waals surface area contributed by atoms with Crippen molar-refractivity contribution >= 4 is 17.4 Å². The van der Waals surface area contributed by atoms with Gasteiger partial charge in [0.1, 0.15) is 11.9 Å². The van der Waals surface area contributed by atoms with Gasteiger partial charge in [-0.25, -0.2) is 4.98 Å². The summed E-state index contributed by atoms with van der Waals surface area (Å²) in [4.78, 5) is 4.19. The molecular weight excluding hydrogens is 234 g/mol. The van der Waals surface area contributed by atoms with Crippen LogP contribution in [0.15, 0.2) is 12.3 Å². The number of anilines is 1. The topological polar surface area (TPSA) is 48.7 Å². The summed E-state index contributed by atoms with van der Waals surface area (Å²) < 4.78 is 0. The van der Waals surface area contributed by atoms with Crippen LogP contribution in [0.2, 0.25) is 5.02 Å². The van der Waals surface area contributed by atoms with E-state index in [0.29, 0.717) is 16.4 Å². The Bertz CT molecular complexity index is 453. The van der Waals surface area contributed by atoms with E-state index in [4.69, 9.17) is 16.9 Å². The molecule has 0 atom stereocenters. The second-order valence-corrected chi connectivity index (χ2v) is 6.07. The van der Waals surface area contributed by atoms with Crippen LogP contribution in [0.1, 0.15) is 40.2 Å². The third-order valence-corrected chi connectivity index (χ3v) is 3.60. The number of rotatable bonds is 2. The molecule has 0 saturated heterocycles. The minimum absolute atomic E-state index is 0.0784. The molecule has 0 spiro atoms. The summed E-state index contributed by atoms with van der Waals surface area (Å²) in [6, 6.07) is 3.68. The normalized spacial score (nSPS) is 12.1. The lowest BCUT2D eigenvalue weighted by atomic mass is 9.76. The van der Waals surface area contributed by atoms with E-state index in [1.54, 1.807) is 6.07 Å². The van der Waals surface area contributed by atoms with Crippen molar-refractivity contribution < 1.29 is 0 Å². The zero-order chi connectivity index (χ0) is 13.3. The zero-order valence-electron chi connectivity index (χ0n) is 10.9. The molecule has 1 heterocycles. The fraction of sp³-hybridized carbons (Fsp3) is 0.538. The van der Waals surface area contributed by atoms with E-state index >= 15 is 0 Å². The van der Waals surface area contributed by atoms with Crippen molar-refractivity contribution in [2.75, 3.05) is 5.32 Å². The lowest BCUT2D eigenvalue weighted by Crippen LogP contribution is -2.44. The second kappa shape index (κ2) is 4.54. The molecule has 0 bridgehead atoms. The number of hydrogen-bond donors (Lipinski definition) is 1. The van der Waals surface area contributed by atoms with Gasteiger partial charge in [-0.2, -0.15) is 5.26 Å². The quantitative estimate of drug-likeness (QED) is 0.869. The van der Waals surface area contributed by atoms with Crippen LogP contribution in [0, 0.1) is 16.7 Å². The first-order chi connectivity index (χ1) is 7.67. The van der Waals surface area contributed by atoms with Gasteiger partial charge in [-0.15, -0.1) is 0 Å². The predicted molar refractivity (Wildman–Crippen MR) is 71.1 cm³/mol. The molecule has 3 nitrogen and oxygen atoms in total. The van der Waals surface area contributed by atoms with Gasteiger partial charge in [0.2, 0.25) is 0 Å². The van der Waals surface area contributed by atoms with Crippen molar-refractivity contribution in [1.29, 1.82) is 5.26 Å². The first-order valence-electron chi connectivity index (χ1n) is 5.51. The summed E-state index contributed by atoms with van der Waals surface area (Å²) in [6.07, 6.45) is 1.49. The molecular formula is C13H18ClN3. The summed E-state index contributed by atoms with van der Waals surface area (Å²) in [5, 5.41) is 12.5. The molecule has 4 heteroatoms. The van der Waals surface area contributed by atoms with Gasteiger partial charge in [0, 0.05) is 17.8 Å². The Balaban J connectivity index is 2.98. The lowest BCUT2D eigenvalue weighted by molar-refractivity contribution is 0.254. The first-order valence-corrected chi connectivity index (χ1v) is 5.89. The molecule has 0 unspecified atom stereocenters. The van der Waals surface area contributed by atoms with E-state index < -0.39 is 0 Å². The SMILES string of the molecule is CC(C)(C)C(C)(C)Nc1cc(Cl)c(C#N)cn1. The summed E-state index contributed by atoms with van der Waals surface area (Å²) in [5.41, 5.74) is 0.345. The Hall–Kier alpha value is -1.27. The van der Waals surface area contributed by atoms with E-state index in [-0.39, 0.29) is 11.0 Å². The molecule has 0 radical (unpaired) electrons. The van der Waals surface area contributed by atoms with Crippen LogP contribution in [0.3, 0.4) is 0 Å². The Morgan fingerprint density at radius 2 is 1.88 bits per heavy atom. The molecule has 0 aliphatic carbocycles. The molecule has 1 rings (SSSR count). The maximum Gasteiger partial charge on any atom is 0.127 e. The number of nitrogens with one attached hydrogen (secondary N) is 1. The molecule has 1 aromatic rings. The largest absolute Gasteiger partial charge is 0.365 e. The molecule has 1 aromatic heterocycles. The highest BCUT2D eigenvalue weighted by molar-refractivity contribution is 6.31. The number of pyridine rings is 1. The molecule has 0 aliphatic heterocycles. The fourth-order valence-electron chi connectivity index (χ4n) is 1.09. The molecule has 0 aromatic carbocycles. The first kappa shape index (κ1) is 13.8. The monoisotopic (exact) mass is 251 g/mol. The highest BCUT2D eigenvalue weighted by atomic mass is 35.5. The van der Waals surface area contributed by atoms with Gasteiger partial charge in [0.25, 0.3) is 0 Å². The van der Waals surface area contributed by atoms with Crippen LogP contribution in [0.25, 0.3) is 0 Å². The lowest BCUT2D eigenvalue weighted by Gasteiger charge is -2.40. The zero-order valence-corrected chi connectivity index (χ0v) is 11.7. The van der Waals surface area contributed by atoms with Crippen molar-refractivity contribution in [3.63, 3.8) is 0 Å². The molecule has 92 valence electrons. The van der Waals surface area contributed by atoms with Gasteiger partial charge < -0.3 is 5.32 Å². The van der Waals surface area contributed by atoms with Crippen LogP contribution in [0.4, 0.5) is 5.82 Å². The molecule has 0 fully saturated rings. The number of aromatic nitrogens is 1. The minimum Gasteiger partial charge on any atom is -0.365 e. The smallest absolute Gasteiger partial charge is 0.127 e. The molecule has 0 amide bonds. The van der Waals surface area contributed by atoms with Crippen LogP contribution >= 0.6 is 11.6 Å². The van der Waals surface area contributed by atoms with E-state index in [0.717, 1.165) is 0 Å². The van der Waals surface area contributed by atoms with Crippen LogP contribution in [-0.4, -0.2) is 10.5 Å². The maximum atomic E-state index is 8.78. The molecule has 0 saturated carbocycles. The Morgan fingerprint density at radius 1 is 1.29 bits per heavy atom. The number of hydrogen-bond acceptors (Lipinski definition) is 3. The fourth-order valence-corrected chi connectivity index (χ4v) is 1.28. The number of halogens is 1. The van der Waals surface area contributed by atoms with E-state index in [2.05, 4.69) is 44.9 Å². The van der Waals surface area contributed by atoms with Crippen molar-refractivity contribution in [2.24, 2.45) is 5.41 Å². The van der Waals surface area contributed by atoms with Gasteiger partial charge in [-0.3, -0.25) is 0 Å².